The van der Waals surface area contributed by atoms with E-state index in [0.29, 0.717) is 0 Å². The predicted octanol–water partition coefficient (Wildman–Crippen LogP) is 3.73. The van der Waals surface area contributed by atoms with Crippen LogP contribution in [0.4, 0.5) is 5.69 Å². The van der Waals surface area contributed by atoms with Gasteiger partial charge in [-0.15, -0.1) is 11.3 Å². The highest BCUT2D eigenvalue weighted by molar-refractivity contribution is 7.19. The second kappa shape index (κ2) is 3.20. The molecule has 0 saturated heterocycles. The van der Waals surface area contributed by atoms with Gasteiger partial charge in [0.1, 0.15) is 0 Å². The molecule has 0 bridgehead atoms. The van der Waals surface area contributed by atoms with Gasteiger partial charge in [-0.25, -0.2) is 4.98 Å². The van der Waals surface area contributed by atoms with Crippen molar-refractivity contribution in [2.24, 2.45) is 0 Å². The number of aryl methyl sites for hydroxylation is 1. The van der Waals surface area contributed by atoms with E-state index >= 15 is 0 Å². The monoisotopic (exact) mass is 240 g/mol. The summed E-state index contributed by atoms with van der Waals surface area (Å²) in [7, 11) is 0. The molecule has 84 valence electrons. The first-order chi connectivity index (χ1) is 8.33. The summed E-state index contributed by atoms with van der Waals surface area (Å²) >= 11 is 1.80. The fourth-order valence-corrected chi connectivity index (χ4v) is 3.67. The Bertz CT molecular complexity index is 743. The molecule has 1 aliphatic rings. The quantitative estimate of drug-likeness (QED) is 0.647. The highest BCUT2D eigenvalue weighted by Crippen LogP contribution is 2.36. The van der Waals surface area contributed by atoms with E-state index in [2.05, 4.69) is 41.5 Å². The van der Waals surface area contributed by atoms with Crippen molar-refractivity contribution >= 4 is 38.0 Å². The first-order valence-corrected chi connectivity index (χ1v) is 6.70. The Labute approximate surface area is 103 Å². The van der Waals surface area contributed by atoms with Gasteiger partial charge >= 0.3 is 0 Å². The van der Waals surface area contributed by atoms with Crippen molar-refractivity contribution in [3.8, 4) is 0 Å². The molecule has 0 saturated carbocycles. The molecule has 1 aliphatic heterocycles. The molecule has 3 heteroatoms. The van der Waals surface area contributed by atoms with Crippen molar-refractivity contribution < 1.29 is 0 Å². The first kappa shape index (κ1) is 9.42. The summed E-state index contributed by atoms with van der Waals surface area (Å²) in [5.41, 5.74) is 3.90. The van der Waals surface area contributed by atoms with Gasteiger partial charge in [0.25, 0.3) is 0 Å². The van der Waals surface area contributed by atoms with E-state index < -0.39 is 0 Å². The molecule has 0 radical (unpaired) electrons. The van der Waals surface area contributed by atoms with E-state index in [1.165, 1.54) is 26.7 Å². The Balaban J connectivity index is 2.21. The van der Waals surface area contributed by atoms with Crippen molar-refractivity contribution in [1.29, 1.82) is 0 Å². The molecule has 2 nitrogen and oxygen atoms in total. The molecule has 0 spiro atoms. The molecule has 0 amide bonds. The Hall–Kier alpha value is -1.61. The van der Waals surface area contributed by atoms with Crippen molar-refractivity contribution in [2.75, 3.05) is 11.9 Å². The summed E-state index contributed by atoms with van der Waals surface area (Å²) in [4.78, 5) is 4.56. The summed E-state index contributed by atoms with van der Waals surface area (Å²) < 4.78 is 1.33. The maximum absolute atomic E-state index is 4.56. The third-order valence-electron chi connectivity index (χ3n) is 3.46. The lowest BCUT2D eigenvalue weighted by molar-refractivity contribution is 1.11. The molecule has 1 aromatic heterocycles. The Morgan fingerprint density at radius 1 is 1.18 bits per heavy atom. The zero-order valence-electron chi connectivity index (χ0n) is 9.58. The number of benzene rings is 2. The molecule has 0 aliphatic carbocycles. The van der Waals surface area contributed by atoms with Crippen LogP contribution in [0.15, 0.2) is 24.3 Å². The van der Waals surface area contributed by atoms with Crippen LogP contribution in [0.25, 0.3) is 21.0 Å². The first-order valence-electron chi connectivity index (χ1n) is 5.88. The van der Waals surface area contributed by atoms with Gasteiger partial charge in [-0.1, -0.05) is 12.1 Å². The van der Waals surface area contributed by atoms with Crippen LogP contribution in [0, 0.1) is 6.92 Å². The number of nitrogens with zero attached hydrogens (tertiary/aromatic N) is 1. The Kier molecular flexibility index (Phi) is 1.77. The lowest BCUT2D eigenvalue weighted by Gasteiger charge is -2.05. The molecule has 0 unspecified atom stereocenters. The normalized spacial score (nSPS) is 14.2. The van der Waals surface area contributed by atoms with Crippen molar-refractivity contribution in [1.82, 2.24) is 4.98 Å². The van der Waals surface area contributed by atoms with E-state index in [1.807, 2.05) is 0 Å². The molecule has 0 atom stereocenters. The third kappa shape index (κ3) is 1.23. The van der Waals surface area contributed by atoms with Crippen LogP contribution in [0.5, 0.6) is 0 Å². The fraction of sp³-hybridized carbons (Fsp3) is 0.214. The molecule has 17 heavy (non-hydrogen) atoms. The van der Waals surface area contributed by atoms with Gasteiger partial charge in [-0.3, -0.25) is 0 Å². The van der Waals surface area contributed by atoms with Crippen LogP contribution in [0.3, 0.4) is 0 Å². The van der Waals surface area contributed by atoms with Crippen LogP contribution in [-0.4, -0.2) is 11.5 Å². The zero-order valence-corrected chi connectivity index (χ0v) is 10.4. The number of anilines is 1. The van der Waals surface area contributed by atoms with Gasteiger partial charge in [0.2, 0.25) is 0 Å². The van der Waals surface area contributed by atoms with Gasteiger partial charge in [0, 0.05) is 17.6 Å². The molecule has 1 N–H and O–H groups in total. The molecular weight excluding hydrogens is 228 g/mol. The lowest BCUT2D eigenvalue weighted by Crippen LogP contribution is -1.90. The Morgan fingerprint density at radius 3 is 3.00 bits per heavy atom. The highest BCUT2D eigenvalue weighted by Gasteiger charge is 2.15. The molecule has 2 aromatic carbocycles. The number of nitrogens with one attached hydrogen (secondary N) is 1. The average molecular weight is 240 g/mol. The standard InChI is InChI=1S/C14H12N2S/c1-8-16-13-5-2-9-10-6-7-15-12(10)4-3-11(9)14(13)17-8/h2-5,15H,6-7H2,1H3. The minimum absolute atomic E-state index is 1.06. The lowest BCUT2D eigenvalue weighted by atomic mass is 10.0. The second-order valence-corrected chi connectivity index (χ2v) is 5.71. The minimum atomic E-state index is 1.06. The van der Waals surface area contributed by atoms with Crippen LogP contribution < -0.4 is 5.32 Å². The summed E-state index contributed by atoms with van der Waals surface area (Å²) in [6.07, 6.45) is 1.13. The minimum Gasteiger partial charge on any atom is -0.384 e. The molecule has 0 fully saturated rings. The van der Waals surface area contributed by atoms with E-state index in [1.54, 1.807) is 11.3 Å². The van der Waals surface area contributed by atoms with Crippen LogP contribution in [0.1, 0.15) is 10.6 Å². The van der Waals surface area contributed by atoms with Crippen molar-refractivity contribution in [3.05, 3.63) is 34.8 Å². The van der Waals surface area contributed by atoms with Crippen molar-refractivity contribution in [2.45, 2.75) is 13.3 Å². The van der Waals surface area contributed by atoms with Gasteiger partial charge in [-0.05, 0) is 36.4 Å². The summed E-state index contributed by atoms with van der Waals surface area (Å²) in [5.74, 6) is 0. The molecule has 3 aromatic rings. The zero-order chi connectivity index (χ0) is 11.4. The number of rotatable bonds is 0. The van der Waals surface area contributed by atoms with Crippen LogP contribution in [-0.2, 0) is 6.42 Å². The summed E-state index contributed by atoms with van der Waals surface area (Å²) in [6, 6.07) is 8.81. The molecular formula is C14H12N2S. The van der Waals surface area contributed by atoms with E-state index in [-0.39, 0.29) is 0 Å². The number of hydrogen-bond donors (Lipinski definition) is 1. The molecule has 4 rings (SSSR count). The number of thiazole rings is 1. The summed E-state index contributed by atoms with van der Waals surface area (Å²) in [5, 5.41) is 7.33. The smallest absolute Gasteiger partial charge is 0.0907 e. The van der Waals surface area contributed by atoms with E-state index in [4.69, 9.17) is 0 Å². The van der Waals surface area contributed by atoms with E-state index in [0.717, 1.165) is 23.5 Å². The van der Waals surface area contributed by atoms with Gasteiger partial charge in [-0.2, -0.15) is 0 Å². The average Bonchev–Trinajstić information content (AvgIpc) is 2.92. The Morgan fingerprint density at radius 2 is 2.06 bits per heavy atom. The highest BCUT2D eigenvalue weighted by atomic mass is 32.1. The van der Waals surface area contributed by atoms with Crippen molar-refractivity contribution in [3.63, 3.8) is 0 Å². The third-order valence-corrected chi connectivity index (χ3v) is 4.48. The number of hydrogen-bond acceptors (Lipinski definition) is 3. The number of aromatic nitrogens is 1. The van der Waals surface area contributed by atoms with Crippen LogP contribution in [0.2, 0.25) is 0 Å². The SMILES string of the molecule is Cc1nc2ccc3c4c(ccc3c2s1)NCC4. The van der Waals surface area contributed by atoms with Crippen LogP contribution >= 0.6 is 11.3 Å². The molecule has 2 heterocycles. The number of fused-ring (bicyclic) bond motifs is 5. The maximum atomic E-state index is 4.56. The topological polar surface area (TPSA) is 24.9 Å². The largest absolute Gasteiger partial charge is 0.384 e. The van der Waals surface area contributed by atoms with E-state index in [9.17, 15) is 0 Å². The fourth-order valence-electron chi connectivity index (χ4n) is 2.72. The predicted molar refractivity (Wildman–Crippen MR) is 74.1 cm³/mol. The maximum Gasteiger partial charge on any atom is 0.0907 e. The van der Waals surface area contributed by atoms with Gasteiger partial charge < -0.3 is 5.32 Å². The van der Waals surface area contributed by atoms with Gasteiger partial charge in [0.15, 0.2) is 0 Å². The second-order valence-electron chi connectivity index (χ2n) is 4.51. The summed E-state index contributed by atoms with van der Waals surface area (Å²) in [6.45, 7) is 3.14. The van der Waals surface area contributed by atoms with Gasteiger partial charge in [0.05, 0.1) is 15.2 Å².